The van der Waals surface area contributed by atoms with Crippen LogP contribution in [-0.2, 0) is 4.79 Å². The first kappa shape index (κ1) is 13.8. The predicted octanol–water partition coefficient (Wildman–Crippen LogP) is 3.80. The van der Waals surface area contributed by atoms with Crippen molar-refractivity contribution in [2.24, 2.45) is 5.73 Å². The summed E-state index contributed by atoms with van der Waals surface area (Å²) in [5, 5.41) is 2.74. The van der Waals surface area contributed by atoms with E-state index in [1.165, 1.54) is 0 Å². The van der Waals surface area contributed by atoms with E-state index in [2.05, 4.69) is 43.8 Å². The van der Waals surface area contributed by atoms with Crippen LogP contribution in [0.15, 0.2) is 40.9 Å². The Morgan fingerprint density at radius 2 is 1.95 bits per heavy atom. The predicted molar refractivity (Wildman–Crippen MR) is 88.9 cm³/mol. The molecule has 1 aliphatic rings. The van der Waals surface area contributed by atoms with Crippen LogP contribution in [0.5, 0.6) is 11.5 Å². The Balaban J connectivity index is 1.94. The normalized spacial score (nSPS) is 16.8. The molecular weight excluding hydrogens is 435 g/mol. The first-order chi connectivity index (χ1) is 9.54. The zero-order chi connectivity index (χ0) is 14.3. The second-order valence-corrected chi connectivity index (χ2v) is 6.49. The summed E-state index contributed by atoms with van der Waals surface area (Å²) in [6.45, 7) is 0. The second kappa shape index (κ2) is 5.34. The summed E-state index contributed by atoms with van der Waals surface area (Å²) in [6.07, 6.45) is 0. The van der Waals surface area contributed by atoms with E-state index >= 15 is 0 Å². The van der Waals surface area contributed by atoms with E-state index in [9.17, 15) is 4.79 Å². The largest absolute Gasteiger partial charge is 0.456 e. The molecule has 1 heterocycles. The number of carbonyl (C=O) groups is 1. The molecule has 0 radical (unpaired) electrons. The summed E-state index contributed by atoms with van der Waals surface area (Å²) >= 11 is 5.68. The van der Waals surface area contributed by atoms with Crippen molar-refractivity contribution in [2.45, 2.75) is 6.04 Å². The molecule has 3 rings (SSSR count). The van der Waals surface area contributed by atoms with E-state index in [0.717, 1.165) is 19.4 Å². The van der Waals surface area contributed by atoms with Crippen LogP contribution < -0.4 is 15.8 Å². The van der Waals surface area contributed by atoms with Gasteiger partial charge in [-0.2, -0.15) is 0 Å². The molecule has 2 aromatic rings. The maximum atomic E-state index is 11.6. The summed E-state index contributed by atoms with van der Waals surface area (Å²) in [5.41, 5.74) is 7.28. The SMILES string of the molecule is NC1C(=O)Nc2cc(Oc3ccc(I)cc3)c(Br)cc21. The summed E-state index contributed by atoms with van der Waals surface area (Å²) in [4.78, 5) is 11.6. The number of carbonyl (C=O) groups excluding carboxylic acids is 1. The summed E-state index contributed by atoms with van der Waals surface area (Å²) < 4.78 is 7.72. The average Bonchev–Trinajstić information content (AvgIpc) is 2.69. The van der Waals surface area contributed by atoms with Gasteiger partial charge in [-0.1, -0.05) is 0 Å². The minimum absolute atomic E-state index is 0.196. The number of halogens is 2. The van der Waals surface area contributed by atoms with Crippen LogP contribution in [0.3, 0.4) is 0 Å². The van der Waals surface area contributed by atoms with Crippen molar-refractivity contribution in [3.8, 4) is 11.5 Å². The third kappa shape index (κ3) is 2.55. The molecule has 102 valence electrons. The van der Waals surface area contributed by atoms with E-state index < -0.39 is 6.04 Å². The zero-order valence-electron chi connectivity index (χ0n) is 10.2. The van der Waals surface area contributed by atoms with Gasteiger partial charge in [-0.25, -0.2) is 0 Å². The molecule has 1 aliphatic heterocycles. The molecule has 3 N–H and O–H groups in total. The van der Waals surface area contributed by atoms with Crippen molar-refractivity contribution in [1.29, 1.82) is 0 Å². The minimum Gasteiger partial charge on any atom is -0.456 e. The van der Waals surface area contributed by atoms with Crippen LogP contribution in [0.1, 0.15) is 11.6 Å². The highest BCUT2D eigenvalue weighted by Crippen LogP contribution is 2.39. The first-order valence-electron chi connectivity index (χ1n) is 5.88. The molecule has 0 aliphatic carbocycles. The molecule has 0 saturated heterocycles. The smallest absolute Gasteiger partial charge is 0.245 e. The number of nitrogens with two attached hydrogens (primary N) is 1. The van der Waals surface area contributed by atoms with Crippen LogP contribution in [0.2, 0.25) is 0 Å². The molecule has 0 saturated carbocycles. The second-order valence-electron chi connectivity index (χ2n) is 4.39. The molecule has 1 unspecified atom stereocenters. The third-order valence-electron chi connectivity index (χ3n) is 3.02. The van der Waals surface area contributed by atoms with E-state index in [0.29, 0.717) is 11.4 Å². The van der Waals surface area contributed by atoms with Gasteiger partial charge in [0.05, 0.1) is 4.47 Å². The number of amides is 1. The van der Waals surface area contributed by atoms with Crippen molar-refractivity contribution in [1.82, 2.24) is 0 Å². The Labute approximate surface area is 138 Å². The number of anilines is 1. The monoisotopic (exact) mass is 444 g/mol. The van der Waals surface area contributed by atoms with Crippen LogP contribution in [0.4, 0.5) is 5.69 Å². The Hall–Kier alpha value is -1.12. The number of benzene rings is 2. The molecule has 0 spiro atoms. The summed E-state index contributed by atoms with van der Waals surface area (Å²) in [5.74, 6) is 1.18. The quantitative estimate of drug-likeness (QED) is 0.692. The highest BCUT2D eigenvalue weighted by atomic mass is 127. The molecule has 0 bridgehead atoms. The Morgan fingerprint density at radius 3 is 2.65 bits per heavy atom. The van der Waals surface area contributed by atoms with E-state index in [4.69, 9.17) is 10.5 Å². The van der Waals surface area contributed by atoms with Crippen molar-refractivity contribution in [3.05, 3.63) is 50.0 Å². The Morgan fingerprint density at radius 1 is 1.25 bits per heavy atom. The van der Waals surface area contributed by atoms with E-state index in [1.807, 2.05) is 30.3 Å². The lowest BCUT2D eigenvalue weighted by Gasteiger charge is -2.10. The maximum absolute atomic E-state index is 11.6. The van der Waals surface area contributed by atoms with Gasteiger partial charge in [-0.3, -0.25) is 4.79 Å². The van der Waals surface area contributed by atoms with Gasteiger partial charge in [-0.15, -0.1) is 0 Å². The molecule has 4 nitrogen and oxygen atoms in total. The number of nitrogens with one attached hydrogen (secondary N) is 1. The van der Waals surface area contributed by atoms with Crippen molar-refractivity contribution < 1.29 is 9.53 Å². The summed E-state index contributed by atoms with van der Waals surface area (Å²) in [7, 11) is 0. The van der Waals surface area contributed by atoms with E-state index in [-0.39, 0.29) is 5.91 Å². The lowest BCUT2D eigenvalue weighted by molar-refractivity contribution is -0.116. The molecule has 0 fully saturated rings. The maximum Gasteiger partial charge on any atom is 0.245 e. The number of rotatable bonds is 2. The van der Waals surface area contributed by atoms with Crippen molar-refractivity contribution in [3.63, 3.8) is 0 Å². The lowest BCUT2D eigenvalue weighted by Crippen LogP contribution is -2.19. The molecule has 20 heavy (non-hydrogen) atoms. The first-order valence-corrected chi connectivity index (χ1v) is 7.75. The Bertz CT molecular complexity index is 688. The minimum atomic E-state index is -0.617. The number of hydrogen-bond acceptors (Lipinski definition) is 3. The third-order valence-corrected chi connectivity index (χ3v) is 4.36. The average molecular weight is 445 g/mol. The Kier molecular flexibility index (Phi) is 3.70. The van der Waals surface area contributed by atoms with Gasteiger partial charge in [0.1, 0.15) is 17.5 Å². The number of hydrogen-bond donors (Lipinski definition) is 2. The van der Waals surface area contributed by atoms with Gasteiger partial charge >= 0.3 is 0 Å². The standard InChI is InChI=1S/C14H10BrIN2O2/c15-10-5-9-11(18-14(19)13(9)17)6-12(10)20-8-3-1-7(16)2-4-8/h1-6,13H,17H2,(H,18,19). The van der Waals surface area contributed by atoms with Gasteiger partial charge in [0.2, 0.25) is 5.91 Å². The van der Waals surface area contributed by atoms with Gasteiger partial charge in [0, 0.05) is 20.9 Å². The van der Waals surface area contributed by atoms with Gasteiger partial charge in [0.25, 0.3) is 0 Å². The van der Waals surface area contributed by atoms with Crippen LogP contribution in [0.25, 0.3) is 0 Å². The lowest BCUT2D eigenvalue weighted by atomic mass is 10.1. The zero-order valence-corrected chi connectivity index (χ0v) is 13.9. The fraction of sp³-hybridized carbons (Fsp3) is 0.0714. The van der Waals surface area contributed by atoms with Gasteiger partial charge in [0.15, 0.2) is 0 Å². The fourth-order valence-electron chi connectivity index (χ4n) is 1.99. The van der Waals surface area contributed by atoms with Crippen LogP contribution in [0, 0.1) is 3.57 Å². The molecular formula is C14H10BrIN2O2. The molecule has 6 heteroatoms. The number of ether oxygens (including phenoxy) is 1. The van der Waals surface area contributed by atoms with Crippen molar-refractivity contribution >= 4 is 50.1 Å². The van der Waals surface area contributed by atoms with Crippen molar-refractivity contribution in [2.75, 3.05) is 5.32 Å². The number of fused-ring (bicyclic) bond motifs is 1. The van der Waals surface area contributed by atoms with Crippen LogP contribution in [-0.4, -0.2) is 5.91 Å². The van der Waals surface area contributed by atoms with Crippen LogP contribution >= 0.6 is 38.5 Å². The molecule has 2 aromatic carbocycles. The highest BCUT2D eigenvalue weighted by Gasteiger charge is 2.28. The highest BCUT2D eigenvalue weighted by molar-refractivity contribution is 14.1. The topological polar surface area (TPSA) is 64.4 Å². The molecule has 1 atom stereocenters. The molecule has 0 aromatic heterocycles. The van der Waals surface area contributed by atoms with E-state index in [1.54, 1.807) is 6.07 Å². The molecule has 1 amide bonds. The van der Waals surface area contributed by atoms with Gasteiger partial charge in [-0.05, 0) is 68.9 Å². The fourth-order valence-corrected chi connectivity index (χ4v) is 2.80. The van der Waals surface area contributed by atoms with Gasteiger partial charge < -0.3 is 15.8 Å². The summed E-state index contributed by atoms with van der Waals surface area (Å²) in [6, 6.07) is 10.7.